The molecule has 250 valence electrons. The zero-order valence-electron chi connectivity index (χ0n) is 28.7. The SMILES string of the molecule is C1=CC2c3ccccc3C3(c4ccccc4Sc4c3ccc3c4N(c4nc(-c5ccccc5)c5cccnc5n4)C4C=Cc5ccccc5C34)C2C=C1. The number of fused-ring (bicyclic) bond motifs is 16. The van der Waals surface area contributed by atoms with Crippen molar-refractivity contribution < 1.29 is 0 Å². The van der Waals surface area contributed by atoms with E-state index in [4.69, 9.17) is 15.0 Å². The number of hydrogen-bond acceptors (Lipinski definition) is 5. The molecule has 2 aromatic heterocycles. The molecule has 2 aliphatic heterocycles. The Morgan fingerprint density at radius 1 is 0.623 bits per heavy atom. The molecule has 0 saturated carbocycles. The highest BCUT2D eigenvalue weighted by molar-refractivity contribution is 7.99. The minimum absolute atomic E-state index is 0.00831. The minimum Gasteiger partial charge on any atom is -0.301 e. The zero-order chi connectivity index (χ0) is 34.7. The van der Waals surface area contributed by atoms with Crippen molar-refractivity contribution in [1.82, 2.24) is 15.0 Å². The standard InChI is InChI=1S/C48H32N4S/c1-2-14-30(15-3-1)43-35-19-12-28-49-46(35)51-47(50-43)52-40-27-24-29-13-4-5-16-31(29)42(40)34-25-26-39-45(44(34)52)53-41-23-11-10-22-38(41)48(39)36-20-8-6-17-32(36)33-18-7-9-21-37(33)48/h1-28,32,36,40,42H. The molecule has 0 saturated heterocycles. The quantitative estimate of drug-likeness (QED) is 0.180. The van der Waals surface area contributed by atoms with Crippen LogP contribution >= 0.6 is 11.8 Å². The lowest BCUT2D eigenvalue weighted by Gasteiger charge is -2.44. The van der Waals surface area contributed by atoms with Gasteiger partial charge in [-0.2, -0.15) is 4.98 Å². The van der Waals surface area contributed by atoms with Gasteiger partial charge in [-0.1, -0.05) is 157 Å². The Bertz CT molecular complexity index is 2770. The molecule has 1 spiro atoms. The van der Waals surface area contributed by atoms with Crippen LogP contribution in [0.1, 0.15) is 50.8 Å². The number of pyridine rings is 1. The Balaban J connectivity index is 1.18. The van der Waals surface area contributed by atoms with Crippen molar-refractivity contribution in [2.75, 3.05) is 4.90 Å². The van der Waals surface area contributed by atoms with Crippen LogP contribution in [0.3, 0.4) is 0 Å². The summed E-state index contributed by atoms with van der Waals surface area (Å²) in [6, 6.07) is 46.6. The molecule has 3 aliphatic carbocycles. The van der Waals surface area contributed by atoms with Crippen molar-refractivity contribution in [1.29, 1.82) is 0 Å². The minimum atomic E-state index is -0.358. The van der Waals surface area contributed by atoms with Crippen LogP contribution in [0.15, 0.2) is 174 Å². The van der Waals surface area contributed by atoms with Crippen molar-refractivity contribution in [3.63, 3.8) is 0 Å². The Hall–Kier alpha value is -6.04. The molecule has 5 heteroatoms. The van der Waals surface area contributed by atoms with Crippen LogP contribution in [-0.4, -0.2) is 21.0 Å². The van der Waals surface area contributed by atoms with Crippen LogP contribution in [0.4, 0.5) is 11.6 Å². The largest absolute Gasteiger partial charge is 0.301 e. The highest BCUT2D eigenvalue weighted by Gasteiger charge is 2.57. The average Bonchev–Trinajstić information content (AvgIpc) is 3.73. The van der Waals surface area contributed by atoms with Crippen LogP contribution in [0, 0.1) is 5.92 Å². The highest BCUT2D eigenvalue weighted by Crippen LogP contribution is 2.67. The summed E-state index contributed by atoms with van der Waals surface area (Å²) >= 11 is 1.91. The van der Waals surface area contributed by atoms with E-state index in [1.807, 2.05) is 24.0 Å². The van der Waals surface area contributed by atoms with E-state index in [2.05, 4.69) is 163 Å². The Morgan fingerprint density at radius 2 is 1.42 bits per heavy atom. The van der Waals surface area contributed by atoms with Crippen molar-refractivity contribution in [3.8, 4) is 11.3 Å². The van der Waals surface area contributed by atoms with E-state index < -0.39 is 0 Å². The number of benzene rings is 5. The van der Waals surface area contributed by atoms with Gasteiger partial charge in [0.05, 0.1) is 22.8 Å². The van der Waals surface area contributed by atoms with E-state index in [1.54, 1.807) is 0 Å². The maximum atomic E-state index is 5.49. The molecule has 7 aromatic rings. The lowest BCUT2D eigenvalue weighted by molar-refractivity contribution is 0.442. The van der Waals surface area contributed by atoms with Gasteiger partial charge in [0.15, 0.2) is 5.65 Å². The van der Waals surface area contributed by atoms with Crippen molar-refractivity contribution in [3.05, 3.63) is 203 Å². The first-order valence-electron chi connectivity index (χ1n) is 18.4. The lowest BCUT2D eigenvalue weighted by atomic mass is 9.62. The van der Waals surface area contributed by atoms with Gasteiger partial charge in [-0.3, -0.25) is 0 Å². The van der Waals surface area contributed by atoms with Gasteiger partial charge in [0.2, 0.25) is 5.95 Å². The molecule has 0 radical (unpaired) electrons. The second-order valence-corrected chi connectivity index (χ2v) is 15.7. The normalized spacial score (nSPS) is 23.6. The molecule has 5 aliphatic rings. The summed E-state index contributed by atoms with van der Waals surface area (Å²) in [5.74, 6) is 1.34. The topological polar surface area (TPSA) is 41.9 Å². The van der Waals surface area contributed by atoms with Gasteiger partial charge in [-0.05, 0) is 57.1 Å². The fourth-order valence-corrected chi connectivity index (χ4v) is 11.6. The number of rotatable bonds is 2. The van der Waals surface area contributed by atoms with Crippen molar-refractivity contribution >= 4 is 40.5 Å². The third kappa shape index (κ3) is 3.90. The van der Waals surface area contributed by atoms with Gasteiger partial charge >= 0.3 is 0 Å². The van der Waals surface area contributed by atoms with Crippen LogP contribution in [0.2, 0.25) is 0 Å². The summed E-state index contributed by atoms with van der Waals surface area (Å²) in [6.07, 6.45) is 15.9. The predicted octanol–water partition coefficient (Wildman–Crippen LogP) is 11.0. The van der Waals surface area contributed by atoms with E-state index in [9.17, 15) is 0 Å². The van der Waals surface area contributed by atoms with Crippen LogP contribution in [-0.2, 0) is 5.41 Å². The average molecular weight is 697 g/mol. The number of nitrogens with zero attached hydrogens (tertiary/aromatic N) is 4. The summed E-state index contributed by atoms with van der Waals surface area (Å²) < 4.78 is 0. The molecule has 53 heavy (non-hydrogen) atoms. The molecule has 5 atom stereocenters. The summed E-state index contributed by atoms with van der Waals surface area (Å²) in [4.78, 5) is 20.7. The summed E-state index contributed by atoms with van der Waals surface area (Å²) in [6.45, 7) is 0. The van der Waals surface area contributed by atoms with Crippen LogP contribution < -0.4 is 4.90 Å². The Morgan fingerprint density at radius 3 is 2.34 bits per heavy atom. The van der Waals surface area contributed by atoms with E-state index in [1.165, 1.54) is 54.4 Å². The summed E-state index contributed by atoms with van der Waals surface area (Å²) in [7, 11) is 0. The third-order valence-corrected chi connectivity index (χ3v) is 13.4. The Kier molecular flexibility index (Phi) is 6.12. The Labute approximate surface area is 312 Å². The highest BCUT2D eigenvalue weighted by atomic mass is 32.2. The lowest BCUT2D eigenvalue weighted by Crippen LogP contribution is -2.38. The molecule has 12 rings (SSSR count). The maximum Gasteiger partial charge on any atom is 0.233 e. The second kappa shape index (κ2) is 11.0. The van der Waals surface area contributed by atoms with Gasteiger partial charge < -0.3 is 4.90 Å². The van der Waals surface area contributed by atoms with E-state index in [0.717, 1.165) is 16.6 Å². The molecule has 0 N–H and O–H groups in total. The first kappa shape index (κ1) is 29.5. The van der Waals surface area contributed by atoms with Gasteiger partial charge in [-0.25, -0.2) is 9.97 Å². The molecule has 4 heterocycles. The van der Waals surface area contributed by atoms with Crippen LogP contribution in [0.5, 0.6) is 0 Å². The van der Waals surface area contributed by atoms with Crippen molar-refractivity contribution in [2.24, 2.45) is 5.92 Å². The summed E-state index contributed by atoms with van der Waals surface area (Å²) in [5, 5.41) is 0.950. The first-order chi connectivity index (χ1) is 26.3. The number of hydrogen-bond donors (Lipinski definition) is 0. The number of anilines is 2. The molecular weight excluding hydrogens is 665 g/mol. The monoisotopic (exact) mass is 696 g/mol. The number of aromatic nitrogens is 3. The molecule has 0 fully saturated rings. The summed E-state index contributed by atoms with van der Waals surface area (Å²) in [5.41, 5.74) is 13.0. The van der Waals surface area contributed by atoms with E-state index >= 15 is 0 Å². The second-order valence-electron chi connectivity index (χ2n) is 14.6. The molecular formula is C48H32N4S. The smallest absolute Gasteiger partial charge is 0.233 e. The molecule has 4 nitrogen and oxygen atoms in total. The first-order valence-corrected chi connectivity index (χ1v) is 19.3. The van der Waals surface area contributed by atoms with Gasteiger partial charge in [-0.15, -0.1) is 0 Å². The molecule has 0 bridgehead atoms. The fourth-order valence-electron chi connectivity index (χ4n) is 10.2. The zero-order valence-corrected chi connectivity index (χ0v) is 29.5. The fraction of sp³-hybridized carbons (Fsp3) is 0.104. The van der Waals surface area contributed by atoms with Gasteiger partial charge in [0.25, 0.3) is 0 Å². The molecule has 0 amide bonds. The van der Waals surface area contributed by atoms with Gasteiger partial charge in [0, 0.05) is 44.7 Å². The van der Waals surface area contributed by atoms with Crippen molar-refractivity contribution in [2.45, 2.75) is 33.1 Å². The molecule has 5 unspecified atom stereocenters. The predicted molar refractivity (Wildman–Crippen MR) is 214 cm³/mol. The maximum absolute atomic E-state index is 5.49. The van der Waals surface area contributed by atoms with Gasteiger partial charge in [0.1, 0.15) is 0 Å². The van der Waals surface area contributed by atoms with Crippen LogP contribution in [0.25, 0.3) is 28.4 Å². The molecule has 5 aromatic carbocycles. The number of allylic oxidation sites excluding steroid dienone is 4. The van der Waals surface area contributed by atoms with E-state index in [0.29, 0.717) is 17.5 Å². The van der Waals surface area contributed by atoms with E-state index in [-0.39, 0.29) is 23.3 Å². The third-order valence-electron chi connectivity index (χ3n) is 12.2.